The third kappa shape index (κ3) is 7.78. The lowest BCUT2D eigenvalue weighted by Crippen LogP contribution is -2.46. The summed E-state index contributed by atoms with van der Waals surface area (Å²) in [5.74, 6) is -0.590. The molecule has 0 aliphatic carbocycles. The van der Waals surface area contributed by atoms with Crippen molar-refractivity contribution in [1.82, 2.24) is 10.2 Å². The molecule has 0 aliphatic heterocycles. The van der Waals surface area contributed by atoms with Crippen LogP contribution in [-0.4, -0.2) is 51.0 Å². The third-order valence-corrected chi connectivity index (χ3v) is 7.00. The van der Waals surface area contributed by atoms with Crippen molar-refractivity contribution in [1.29, 1.82) is 0 Å². The number of halogens is 3. The molecule has 0 aromatic heterocycles. The van der Waals surface area contributed by atoms with Gasteiger partial charge in [0.2, 0.25) is 21.8 Å². The minimum Gasteiger partial charge on any atom is -0.357 e. The summed E-state index contributed by atoms with van der Waals surface area (Å²) in [4.78, 5) is 26.8. The van der Waals surface area contributed by atoms with Crippen molar-refractivity contribution >= 4 is 62.3 Å². The van der Waals surface area contributed by atoms with Crippen LogP contribution in [0.15, 0.2) is 42.5 Å². The van der Waals surface area contributed by atoms with Gasteiger partial charge in [0.25, 0.3) is 0 Å². The molecule has 0 radical (unpaired) electrons. The Balaban J connectivity index is 2.17. The molecule has 2 rings (SSSR count). The van der Waals surface area contributed by atoms with E-state index in [-0.39, 0.29) is 48.5 Å². The summed E-state index contributed by atoms with van der Waals surface area (Å²) < 4.78 is 25.9. The fraction of sp³-hybridized carbons (Fsp3) is 0.364. The van der Waals surface area contributed by atoms with Crippen LogP contribution in [0.2, 0.25) is 15.1 Å². The quantitative estimate of drug-likeness (QED) is 0.491. The van der Waals surface area contributed by atoms with E-state index >= 15 is 0 Å². The van der Waals surface area contributed by atoms with Crippen molar-refractivity contribution in [2.75, 3.05) is 24.2 Å². The minimum atomic E-state index is -3.67. The normalized spacial score (nSPS) is 12.2. The fourth-order valence-electron chi connectivity index (χ4n) is 3.24. The zero-order valence-electron chi connectivity index (χ0n) is 18.5. The summed E-state index contributed by atoms with van der Waals surface area (Å²) >= 11 is 18.1. The molecule has 0 heterocycles. The first kappa shape index (κ1) is 27.2. The highest BCUT2D eigenvalue weighted by Gasteiger charge is 2.26. The van der Waals surface area contributed by atoms with Crippen molar-refractivity contribution in [3.63, 3.8) is 0 Å². The number of anilines is 1. The maximum atomic E-state index is 13.1. The maximum Gasteiger partial charge on any atom is 0.242 e. The summed E-state index contributed by atoms with van der Waals surface area (Å²) in [6.07, 6.45) is 1.30. The molecular weight excluding hydrogens is 509 g/mol. The van der Waals surface area contributed by atoms with E-state index in [1.165, 1.54) is 24.1 Å². The molecule has 11 heteroatoms. The number of sulfonamides is 1. The lowest BCUT2D eigenvalue weighted by atomic mass is 10.1. The predicted octanol–water partition coefficient (Wildman–Crippen LogP) is 4.36. The van der Waals surface area contributed by atoms with Crippen molar-refractivity contribution < 1.29 is 18.0 Å². The van der Waals surface area contributed by atoms with E-state index in [0.717, 1.165) is 16.1 Å². The SMILES string of the molecule is CNC(=O)C(C)N(Cc1ccc(Cl)cc1)C(=O)CCCN(c1cc(Cl)ccc1Cl)S(C)(=O)=O. The fourth-order valence-corrected chi connectivity index (χ4v) is 4.77. The van der Waals surface area contributed by atoms with Crippen LogP contribution in [0.25, 0.3) is 0 Å². The Morgan fingerprint density at radius 3 is 2.21 bits per heavy atom. The van der Waals surface area contributed by atoms with Gasteiger partial charge in [-0.3, -0.25) is 13.9 Å². The van der Waals surface area contributed by atoms with E-state index in [9.17, 15) is 18.0 Å². The van der Waals surface area contributed by atoms with E-state index < -0.39 is 16.1 Å². The van der Waals surface area contributed by atoms with Crippen LogP contribution in [-0.2, 0) is 26.2 Å². The smallest absolute Gasteiger partial charge is 0.242 e. The first-order chi connectivity index (χ1) is 15.4. The van der Waals surface area contributed by atoms with Crippen LogP contribution in [0.5, 0.6) is 0 Å². The highest BCUT2D eigenvalue weighted by molar-refractivity contribution is 7.92. The van der Waals surface area contributed by atoms with Crippen LogP contribution in [0.4, 0.5) is 5.69 Å². The van der Waals surface area contributed by atoms with Gasteiger partial charge in [-0.25, -0.2) is 8.42 Å². The van der Waals surface area contributed by atoms with Gasteiger partial charge < -0.3 is 10.2 Å². The van der Waals surface area contributed by atoms with Gasteiger partial charge in [0.1, 0.15) is 6.04 Å². The Labute approximate surface area is 209 Å². The maximum absolute atomic E-state index is 13.1. The molecule has 2 aromatic carbocycles. The third-order valence-electron chi connectivity index (χ3n) is 5.01. The van der Waals surface area contributed by atoms with Gasteiger partial charge >= 0.3 is 0 Å². The number of amides is 2. The van der Waals surface area contributed by atoms with Crippen LogP contribution in [0.1, 0.15) is 25.3 Å². The first-order valence-corrected chi connectivity index (χ1v) is 13.1. The first-order valence-electron chi connectivity index (χ1n) is 10.1. The summed E-state index contributed by atoms with van der Waals surface area (Å²) in [5.41, 5.74) is 1.06. The van der Waals surface area contributed by atoms with Crippen molar-refractivity contribution in [3.05, 3.63) is 63.1 Å². The number of hydrogen-bond acceptors (Lipinski definition) is 4. The van der Waals surface area contributed by atoms with E-state index in [4.69, 9.17) is 34.8 Å². The lowest BCUT2D eigenvalue weighted by Gasteiger charge is -2.29. The number of hydrogen-bond donors (Lipinski definition) is 1. The molecule has 180 valence electrons. The van der Waals surface area contributed by atoms with E-state index in [1.54, 1.807) is 37.3 Å². The molecule has 0 saturated heterocycles. The molecule has 33 heavy (non-hydrogen) atoms. The average Bonchev–Trinajstić information content (AvgIpc) is 2.76. The molecule has 7 nitrogen and oxygen atoms in total. The Kier molecular flexibility index (Phi) is 9.84. The van der Waals surface area contributed by atoms with Crippen molar-refractivity contribution in [2.45, 2.75) is 32.4 Å². The predicted molar refractivity (Wildman–Crippen MR) is 133 cm³/mol. The van der Waals surface area contributed by atoms with Gasteiger partial charge in [-0.2, -0.15) is 0 Å². The summed E-state index contributed by atoms with van der Waals surface area (Å²) in [6, 6.07) is 10.8. The molecular formula is C22H26Cl3N3O4S. The Bertz CT molecular complexity index is 1090. The number of carbonyl (C=O) groups excluding carboxylic acids is 2. The second-order valence-corrected chi connectivity index (χ2v) is 10.7. The van der Waals surface area contributed by atoms with E-state index in [1.807, 2.05) is 0 Å². The molecule has 1 atom stereocenters. The van der Waals surface area contributed by atoms with Crippen molar-refractivity contribution in [3.8, 4) is 0 Å². The number of nitrogens with one attached hydrogen (secondary N) is 1. The molecule has 0 fully saturated rings. The average molecular weight is 535 g/mol. The van der Waals surface area contributed by atoms with Gasteiger partial charge in [-0.05, 0) is 49.2 Å². The topological polar surface area (TPSA) is 86.8 Å². The number of nitrogens with zero attached hydrogens (tertiary/aromatic N) is 2. The molecule has 2 aromatic rings. The lowest BCUT2D eigenvalue weighted by molar-refractivity contribution is -0.140. The second-order valence-electron chi connectivity index (χ2n) is 7.47. The standard InChI is InChI=1S/C22H26Cl3N3O4S/c1-15(22(30)26-2)27(14-16-6-8-17(23)9-7-16)21(29)5-4-12-28(33(3,31)32)20-13-18(24)10-11-19(20)25/h6-11,13,15H,4-5,12,14H2,1-3H3,(H,26,30). The van der Waals surface area contributed by atoms with Crippen LogP contribution in [0.3, 0.4) is 0 Å². The summed E-state index contributed by atoms with van der Waals surface area (Å²) in [5, 5.41) is 3.69. The van der Waals surface area contributed by atoms with Crippen molar-refractivity contribution in [2.24, 2.45) is 0 Å². The molecule has 1 N–H and O–H groups in total. The molecule has 0 saturated carbocycles. The van der Waals surface area contributed by atoms with Crippen LogP contribution < -0.4 is 9.62 Å². The number of likely N-dealkylation sites (N-methyl/N-ethyl adjacent to an activating group) is 1. The molecule has 0 bridgehead atoms. The summed E-state index contributed by atoms with van der Waals surface area (Å²) in [6.45, 7) is 1.87. The van der Waals surface area contributed by atoms with Crippen LogP contribution >= 0.6 is 34.8 Å². The molecule has 2 amide bonds. The van der Waals surface area contributed by atoms with Crippen LogP contribution in [0, 0.1) is 0 Å². The minimum absolute atomic E-state index is 0.0216. The van der Waals surface area contributed by atoms with E-state index in [0.29, 0.717) is 10.0 Å². The Hall–Kier alpha value is -2.00. The van der Waals surface area contributed by atoms with Gasteiger partial charge in [-0.15, -0.1) is 0 Å². The molecule has 0 spiro atoms. The highest BCUT2D eigenvalue weighted by atomic mass is 35.5. The van der Waals surface area contributed by atoms with Gasteiger partial charge in [-0.1, -0.05) is 46.9 Å². The zero-order valence-corrected chi connectivity index (χ0v) is 21.6. The zero-order chi connectivity index (χ0) is 24.8. The largest absolute Gasteiger partial charge is 0.357 e. The monoisotopic (exact) mass is 533 g/mol. The number of carbonyl (C=O) groups is 2. The Morgan fingerprint density at radius 2 is 1.64 bits per heavy atom. The van der Waals surface area contributed by atoms with Gasteiger partial charge in [0.15, 0.2) is 0 Å². The Morgan fingerprint density at radius 1 is 1.03 bits per heavy atom. The molecule has 1 unspecified atom stereocenters. The summed E-state index contributed by atoms with van der Waals surface area (Å²) in [7, 11) is -2.17. The second kappa shape index (κ2) is 11.9. The van der Waals surface area contributed by atoms with Gasteiger partial charge in [0, 0.05) is 36.6 Å². The highest BCUT2D eigenvalue weighted by Crippen LogP contribution is 2.31. The molecule has 0 aliphatic rings. The number of benzene rings is 2. The van der Waals surface area contributed by atoms with Gasteiger partial charge in [0.05, 0.1) is 17.0 Å². The number of rotatable bonds is 10. The van der Waals surface area contributed by atoms with E-state index in [2.05, 4.69) is 5.32 Å².